The first-order valence-corrected chi connectivity index (χ1v) is 11.2. The molecule has 2 aliphatic rings. The van der Waals surface area contributed by atoms with Crippen molar-refractivity contribution in [3.8, 4) is 5.75 Å². The number of hydrogen-bond acceptors (Lipinski definition) is 6. The molecule has 3 rings (SSSR count). The molecule has 0 unspecified atom stereocenters. The van der Waals surface area contributed by atoms with Crippen LogP contribution in [-0.4, -0.2) is 67.1 Å². The van der Waals surface area contributed by atoms with Crippen molar-refractivity contribution in [3.05, 3.63) is 29.8 Å². The zero-order valence-electron chi connectivity index (χ0n) is 16.1. The predicted molar refractivity (Wildman–Crippen MR) is 105 cm³/mol. The number of benzene rings is 1. The fourth-order valence-corrected chi connectivity index (χ4v) is 5.15. The van der Waals surface area contributed by atoms with Crippen LogP contribution in [0.5, 0.6) is 5.75 Å². The molecule has 1 aromatic rings. The van der Waals surface area contributed by atoms with E-state index in [-0.39, 0.29) is 41.9 Å². The van der Waals surface area contributed by atoms with Crippen molar-refractivity contribution in [2.75, 3.05) is 25.2 Å². The Hall–Kier alpha value is -2.42. The molecule has 0 aliphatic carbocycles. The van der Waals surface area contributed by atoms with E-state index in [0.717, 1.165) is 11.3 Å². The monoisotopic (exact) mass is 407 g/mol. The van der Waals surface area contributed by atoms with Crippen molar-refractivity contribution in [2.24, 2.45) is 5.10 Å². The average Bonchev–Trinajstić information content (AvgIpc) is 3.03. The van der Waals surface area contributed by atoms with E-state index < -0.39 is 15.9 Å². The molecule has 0 spiro atoms. The summed E-state index contributed by atoms with van der Waals surface area (Å²) in [5.74, 6) is 0.172. The molecule has 2 heterocycles. The molecule has 0 aromatic heterocycles. The Morgan fingerprint density at radius 1 is 1.32 bits per heavy atom. The van der Waals surface area contributed by atoms with Gasteiger partial charge in [-0.3, -0.25) is 9.59 Å². The van der Waals surface area contributed by atoms with Crippen LogP contribution in [0.15, 0.2) is 29.4 Å². The number of hydrazone groups is 1. The molecule has 1 aromatic carbocycles. The third-order valence-corrected chi connectivity index (χ3v) is 6.64. The summed E-state index contributed by atoms with van der Waals surface area (Å²) in [4.78, 5) is 26.6. The van der Waals surface area contributed by atoms with E-state index in [1.54, 1.807) is 7.05 Å². The summed E-state index contributed by atoms with van der Waals surface area (Å²) in [5, 5.41) is 5.46. The maximum atomic E-state index is 12.9. The van der Waals surface area contributed by atoms with Gasteiger partial charge in [0.25, 0.3) is 5.91 Å². The van der Waals surface area contributed by atoms with Gasteiger partial charge in [-0.15, -0.1) is 0 Å². The van der Waals surface area contributed by atoms with Crippen molar-refractivity contribution < 1.29 is 22.7 Å². The summed E-state index contributed by atoms with van der Waals surface area (Å²) in [6.45, 7) is 2.78. The van der Waals surface area contributed by atoms with E-state index in [2.05, 4.69) is 5.10 Å². The fraction of sp³-hybridized carbons (Fsp3) is 0.526. The summed E-state index contributed by atoms with van der Waals surface area (Å²) in [6.07, 6.45) is 0.770. The average molecular weight is 407 g/mol. The highest BCUT2D eigenvalue weighted by atomic mass is 32.2. The van der Waals surface area contributed by atoms with Gasteiger partial charge in [0.05, 0.1) is 24.2 Å². The van der Waals surface area contributed by atoms with Crippen LogP contribution in [0.2, 0.25) is 0 Å². The molecule has 0 saturated carbocycles. The van der Waals surface area contributed by atoms with Gasteiger partial charge in [0.2, 0.25) is 5.91 Å². The second-order valence-corrected chi connectivity index (χ2v) is 9.27. The zero-order chi connectivity index (χ0) is 20.3. The zero-order valence-corrected chi connectivity index (χ0v) is 16.9. The Labute approximate surface area is 165 Å². The maximum absolute atomic E-state index is 12.9. The molecular weight excluding hydrogens is 382 g/mol. The van der Waals surface area contributed by atoms with Crippen LogP contribution in [0.4, 0.5) is 0 Å². The third-order valence-electron chi connectivity index (χ3n) is 4.89. The van der Waals surface area contributed by atoms with E-state index in [0.29, 0.717) is 19.6 Å². The number of nitrogens with zero attached hydrogens (tertiary/aromatic N) is 3. The molecule has 1 fully saturated rings. The number of rotatable bonds is 6. The molecule has 2 aliphatic heterocycles. The van der Waals surface area contributed by atoms with Crippen molar-refractivity contribution in [3.63, 3.8) is 0 Å². The lowest BCUT2D eigenvalue weighted by atomic mass is 10.1. The molecule has 0 radical (unpaired) electrons. The van der Waals surface area contributed by atoms with E-state index in [9.17, 15) is 18.0 Å². The molecule has 0 N–H and O–H groups in total. The molecule has 9 heteroatoms. The van der Waals surface area contributed by atoms with Crippen LogP contribution >= 0.6 is 0 Å². The Balaban J connectivity index is 1.74. The number of amides is 2. The quantitative estimate of drug-likeness (QED) is 0.706. The van der Waals surface area contributed by atoms with Crippen molar-refractivity contribution in [2.45, 2.75) is 38.8 Å². The smallest absolute Gasteiger partial charge is 0.270 e. The minimum absolute atomic E-state index is 0.0500. The van der Waals surface area contributed by atoms with Crippen LogP contribution in [0.3, 0.4) is 0 Å². The number of ether oxygens (including phenoxy) is 1. The molecule has 28 heavy (non-hydrogen) atoms. The van der Waals surface area contributed by atoms with Gasteiger partial charge in [0, 0.05) is 32.0 Å². The largest absolute Gasteiger partial charge is 0.494 e. The summed E-state index contributed by atoms with van der Waals surface area (Å²) in [7, 11) is -1.47. The van der Waals surface area contributed by atoms with Gasteiger partial charge in [0.1, 0.15) is 11.5 Å². The van der Waals surface area contributed by atoms with Gasteiger partial charge in [0.15, 0.2) is 9.84 Å². The fourth-order valence-electron chi connectivity index (χ4n) is 3.46. The van der Waals surface area contributed by atoms with Crippen LogP contribution in [-0.2, 0) is 26.0 Å². The molecule has 152 valence electrons. The third kappa shape index (κ3) is 4.52. The van der Waals surface area contributed by atoms with Crippen molar-refractivity contribution in [1.29, 1.82) is 0 Å². The van der Waals surface area contributed by atoms with Crippen LogP contribution in [0.25, 0.3) is 0 Å². The minimum atomic E-state index is -3.15. The van der Waals surface area contributed by atoms with Gasteiger partial charge in [-0.2, -0.15) is 5.10 Å². The highest BCUT2D eigenvalue weighted by molar-refractivity contribution is 7.91. The molecule has 1 atom stereocenters. The lowest BCUT2D eigenvalue weighted by Gasteiger charge is -2.29. The first-order chi connectivity index (χ1) is 13.3. The van der Waals surface area contributed by atoms with Crippen LogP contribution < -0.4 is 4.74 Å². The second-order valence-electron chi connectivity index (χ2n) is 7.04. The number of carbonyl (C=O) groups is 2. The first kappa shape index (κ1) is 20.3. The van der Waals surface area contributed by atoms with Crippen LogP contribution in [0, 0.1) is 0 Å². The lowest BCUT2D eigenvalue weighted by molar-refractivity contribution is -0.134. The summed E-state index contributed by atoms with van der Waals surface area (Å²) >= 11 is 0. The molecule has 0 bridgehead atoms. The number of sulfone groups is 1. The van der Waals surface area contributed by atoms with Gasteiger partial charge >= 0.3 is 0 Å². The topological polar surface area (TPSA) is 96.3 Å². The van der Waals surface area contributed by atoms with Gasteiger partial charge in [-0.05, 0) is 19.4 Å². The summed E-state index contributed by atoms with van der Waals surface area (Å²) in [5.41, 5.74) is 1.16. The summed E-state index contributed by atoms with van der Waals surface area (Å²) < 4.78 is 29.1. The number of para-hydroxylation sites is 1. The standard InChI is InChI=1S/C19H25N3O5S/c1-3-27-17-7-5-4-6-14(17)12-21(2)19(24)16-8-9-18(23)22(20-16)15-10-11-28(25,26)13-15/h4-7,15H,3,8-13H2,1-2H3/t15-/m0/s1. The normalized spacial score (nSPS) is 21.4. The minimum Gasteiger partial charge on any atom is -0.494 e. The van der Waals surface area contributed by atoms with E-state index in [1.807, 2.05) is 31.2 Å². The molecule has 1 saturated heterocycles. The second kappa shape index (κ2) is 8.30. The lowest BCUT2D eigenvalue weighted by Crippen LogP contribution is -2.44. The molecule has 2 amide bonds. The predicted octanol–water partition coefficient (Wildman–Crippen LogP) is 1.21. The Kier molecular flexibility index (Phi) is 6.02. The van der Waals surface area contributed by atoms with E-state index >= 15 is 0 Å². The first-order valence-electron chi connectivity index (χ1n) is 9.37. The highest BCUT2D eigenvalue weighted by Crippen LogP contribution is 2.23. The summed E-state index contributed by atoms with van der Waals surface area (Å²) in [6, 6.07) is 7.03. The SMILES string of the molecule is CCOc1ccccc1CN(C)C(=O)C1=NN([C@H]2CCS(=O)(=O)C2)C(=O)CC1. The highest BCUT2D eigenvalue weighted by Gasteiger charge is 2.37. The molecular formula is C19H25N3O5S. The van der Waals surface area contributed by atoms with Crippen molar-refractivity contribution in [1.82, 2.24) is 9.91 Å². The van der Waals surface area contributed by atoms with Crippen LogP contribution in [0.1, 0.15) is 31.7 Å². The van der Waals surface area contributed by atoms with Gasteiger partial charge in [-0.1, -0.05) is 18.2 Å². The van der Waals surface area contributed by atoms with Gasteiger partial charge < -0.3 is 9.64 Å². The van der Waals surface area contributed by atoms with Gasteiger partial charge in [-0.25, -0.2) is 13.4 Å². The Morgan fingerprint density at radius 3 is 2.75 bits per heavy atom. The number of hydrogen-bond donors (Lipinski definition) is 0. The number of carbonyl (C=O) groups excluding carboxylic acids is 2. The Morgan fingerprint density at radius 2 is 2.07 bits per heavy atom. The maximum Gasteiger partial charge on any atom is 0.270 e. The van der Waals surface area contributed by atoms with Crippen molar-refractivity contribution >= 4 is 27.4 Å². The van der Waals surface area contributed by atoms with E-state index in [1.165, 1.54) is 9.91 Å². The Bertz CT molecular complexity index is 897. The van der Waals surface area contributed by atoms with E-state index in [4.69, 9.17) is 4.74 Å². The molecule has 8 nitrogen and oxygen atoms in total.